The molecule has 1 N–H and O–H groups in total. The van der Waals surface area contributed by atoms with Crippen LogP contribution >= 0.6 is 24.8 Å². The average Bonchev–Trinajstić information content (AvgIpc) is 3.06. The fourth-order valence-corrected chi connectivity index (χ4v) is 3.49. The highest BCUT2D eigenvalue weighted by atomic mass is 35.5. The van der Waals surface area contributed by atoms with Gasteiger partial charge in [-0.15, -0.1) is 24.8 Å². The molecule has 0 spiro atoms. The molecule has 9 heteroatoms. The standard InChI is InChI=1S/C17H25N3O4.2ClH/c1-2-3-4-5-14(19-8-6-18-7-9-19)13-10-16-17(24-12-23-16)11-15(13)20(21)22;;/h10-11,14,18H,2-9,12H2,1H3;2*1H/t14-;;/m1../s1. The zero-order valence-electron chi connectivity index (χ0n) is 14.9. The molecule has 0 saturated carbocycles. The molecule has 1 fully saturated rings. The number of ether oxygens (including phenoxy) is 2. The normalized spacial score (nSPS) is 17.1. The number of nitrogens with one attached hydrogen (secondary N) is 1. The lowest BCUT2D eigenvalue weighted by atomic mass is 9.96. The molecule has 1 atom stereocenters. The Bertz CT molecular complexity index is 598. The van der Waals surface area contributed by atoms with E-state index in [0.29, 0.717) is 11.5 Å². The summed E-state index contributed by atoms with van der Waals surface area (Å²) in [5.41, 5.74) is 0.890. The Morgan fingerprint density at radius 3 is 2.46 bits per heavy atom. The summed E-state index contributed by atoms with van der Waals surface area (Å²) in [5, 5.41) is 15.0. The zero-order valence-corrected chi connectivity index (χ0v) is 16.6. The van der Waals surface area contributed by atoms with E-state index in [4.69, 9.17) is 9.47 Å². The summed E-state index contributed by atoms with van der Waals surface area (Å²) in [6.45, 7) is 5.95. The Kier molecular flexibility index (Phi) is 9.43. The number of rotatable bonds is 7. The van der Waals surface area contributed by atoms with Crippen LogP contribution < -0.4 is 14.8 Å². The highest BCUT2D eigenvalue weighted by molar-refractivity contribution is 5.85. The van der Waals surface area contributed by atoms with E-state index in [2.05, 4.69) is 17.1 Å². The van der Waals surface area contributed by atoms with Gasteiger partial charge in [0.15, 0.2) is 11.5 Å². The van der Waals surface area contributed by atoms with Crippen molar-refractivity contribution in [2.75, 3.05) is 33.0 Å². The summed E-state index contributed by atoms with van der Waals surface area (Å²) in [4.78, 5) is 13.7. The number of unbranched alkanes of at least 4 members (excludes halogenated alkanes) is 2. The lowest BCUT2D eigenvalue weighted by Crippen LogP contribution is -2.45. The van der Waals surface area contributed by atoms with E-state index in [-0.39, 0.29) is 48.3 Å². The molecule has 2 heterocycles. The summed E-state index contributed by atoms with van der Waals surface area (Å²) in [7, 11) is 0. The molecule has 2 aliphatic rings. The number of nitro groups is 1. The molecule has 0 amide bonds. The largest absolute Gasteiger partial charge is 0.454 e. The number of nitrogens with zero attached hydrogens (tertiary/aromatic N) is 2. The molecule has 1 aromatic rings. The molecule has 7 nitrogen and oxygen atoms in total. The van der Waals surface area contributed by atoms with Crippen LogP contribution in [0.15, 0.2) is 12.1 Å². The predicted octanol–water partition coefficient (Wildman–Crippen LogP) is 3.69. The number of hydrogen-bond acceptors (Lipinski definition) is 6. The van der Waals surface area contributed by atoms with Gasteiger partial charge in [-0.2, -0.15) is 0 Å². The van der Waals surface area contributed by atoms with E-state index in [9.17, 15) is 10.1 Å². The maximum atomic E-state index is 11.6. The van der Waals surface area contributed by atoms with Crippen molar-refractivity contribution >= 4 is 30.5 Å². The number of hydrogen-bond donors (Lipinski definition) is 1. The number of fused-ring (bicyclic) bond motifs is 1. The van der Waals surface area contributed by atoms with E-state index < -0.39 is 0 Å². The van der Waals surface area contributed by atoms with Crippen molar-refractivity contribution in [1.29, 1.82) is 0 Å². The van der Waals surface area contributed by atoms with Crippen LogP contribution in [-0.2, 0) is 0 Å². The van der Waals surface area contributed by atoms with Gasteiger partial charge >= 0.3 is 0 Å². The molecular weight excluding hydrogens is 381 g/mol. The average molecular weight is 408 g/mol. The van der Waals surface area contributed by atoms with E-state index in [0.717, 1.165) is 57.4 Å². The van der Waals surface area contributed by atoms with Crippen LogP contribution in [0.5, 0.6) is 11.5 Å². The van der Waals surface area contributed by atoms with Gasteiger partial charge in [0.05, 0.1) is 16.6 Å². The third-order valence-corrected chi connectivity index (χ3v) is 4.75. The Morgan fingerprint density at radius 2 is 1.85 bits per heavy atom. The Balaban J connectivity index is 0.00000169. The van der Waals surface area contributed by atoms with Gasteiger partial charge in [-0.25, -0.2) is 0 Å². The summed E-state index contributed by atoms with van der Waals surface area (Å²) in [6, 6.07) is 3.39. The molecule has 0 aromatic heterocycles. The summed E-state index contributed by atoms with van der Waals surface area (Å²) in [5.74, 6) is 1.09. The third kappa shape index (κ3) is 5.13. The molecule has 2 aliphatic heterocycles. The molecule has 0 unspecified atom stereocenters. The maximum absolute atomic E-state index is 11.6. The second kappa shape index (κ2) is 10.8. The van der Waals surface area contributed by atoms with Crippen LogP contribution in [0.25, 0.3) is 0 Å². The van der Waals surface area contributed by atoms with Gasteiger partial charge < -0.3 is 14.8 Å². The van der Waals surface area contributed by atoms with E-state index >= 15 is 0 Å². The Morgan fingerprint density at radius 1 is 1.19 bits per heavy atom. The maximum Gasteiger partial charge on any atom is 0.278 e. The van der Waals surface area contributed by atoms with Crippen molar-refractivity contribution in [3.05, 3.63) is 27.8 Å². The van der Waals surface area contributed by atoms with Crippen molar-refractivity contribution in [2.24, 2.45) is 0 Å². The van der Waals surface area contributed by atoms with Crippen LogP contribution in [0.3, 0.4) is 0 Å². The van der Waals surface area contributed by atoms with Crippen LogP contribution in [0.2, 0.25) is 0 Å². The van der Waals surface area contributed by atoms with Gasteiger partial charge in [0.2, 0.25) is 6.79 Å². The molecule has 3 rings (SSSR count). The minimum atomic E-state index is -0.299. The minimum Gasteiger partial charge on any atom is -0.454 e. The first kappa shape index (κ1) is 22.8. The van der Waals surface area contributed by atoms with Crippen LogP contribution in [0.4, 0.5) is 5.69 Å². The fraction of sp³-hybridized carbons (Fsp3) is 0.647. The van der Waals surface area contributed by atoms with Gasteiger partial charge in [0, 0.05) is 32.2 Å². The van der Waals surface area contributed by atoms with E-state index in [1.165, 1.54) is 6.07 Å². The molecule has 0 radical (unpaired) electrons. The van der Waals surface area contributed by atoms with E-state index in [1.807, 2.05) is 6.07 Å². The van der Waals surface area contributed by atoms with Gasteiger partial charge in [0.25, 0.3) is 5.69 Å². The van der Waals surface area contributed by atoms with E-state index in [1.54, 1.807) is 0 Å². The number of piperazine rings is 1. The van der Waals surface area contributed by atoms with Crippen molar-refractivity contribution in [3.63, 3.8) is 0 Å². The molecular formula is C17H27Cl2N3O4. The molecule has 0 bridgehead atoms. The lowest BCUT2D eigenvalue weighted by Gasteiger charge is -2.35. The Hall–Kier alpha value is -1.28. The first-order chi connectivity index (χ1) is 11.7. The summed E-state index contributed by atoms with van der Waals surface area (Å²) in [6.07, 6.45) is 4.27. The van der Waals surface area contributed by atoms with Crippen molar-refractivity contribution in [1.82, 2.24) is 10.2 Å². The molecule has 148 valence electrons. The molecule has 1 saturated heterocycles. The fourth-order valence-electron chi connectivity index (χ4n) is 3.49. The van der Waals surface area contributed by atoms with Gasteiger partial charge in [-0.3, -0.25) is 15.0 Å². The van der Waals surface area contributed by atoms with Crippen LogP contribution in [0.1, 0.15) is 44.2 Å². The molecule has 0 aliphatic carbocycles. The lowest BCUT2D eigenvalue weighted by molar-refractivity contribution is -0.386. The van der Waals surface area contributed by atoms with Crippen LogP contribution in [-0.4, -0.2) is 42.8 Å². The minimum absolute atomic E-state index is 0. The monoisotopic (exact) mass is 407 g/mol. The first-order valence-electron chi connectivity index (χ1n) is 8.73. The van der Waals surface area contributed by atoms with Crippen molar-refractivity contribution in [3.8, 4) is 11.5 Å². The highest BCUT2D eigenvalue weighted by Crippen LogP contribution is 2.42. The van der Waals surface area contributed by atoms with Crippen molar-refractivity contribution < 1.29 is 14.4 Å². The highest BCUT2D eigenvalue weighted by Gasteiger charge is 2.31. The van der Waals surface area contributed by atoms with Gasteiger partial charge in [0.1, 0.15) is 0 Å². The number of benzene rings is 1. The van der Waals surface area contributed by atoms with Gasteiger partial charge in [-0.1, -0.05) is 26.2 Å². The first-order valence-corrected chi connectivity index (χ1v) is 8.73. The predicted molar refractivity (Wildman–Crippen MR) is 105 cm³/mol. The smallest absolute Gasteiger partial charge is 0.278 e. The topological polar surface area (TPSA) is 76.9 Å². The number of nitro benzene ring substituents is 1. The Labute approximate surface area is 166 Å². The second-order valence-electron chi connectivity index (χ2n) is 6.32. The summed E-state index contributed by atoms with van der Waals surface area (Å²) < 4.78 is 10.8. The summed E-state index contributed by atoms with van der Waals surface area (Å²) >= 11 is 0. The van der Waals surface area contributed by atoms with Crippen LogP contribution in [0, 0.1) is 10.1 Å². The third-order valence-electron chi connectivity index (χ3n) is 4.75. The quantitative estimate of drug-likeness (QED) is 0.421. The molecule has 1 aromatic carbocycles. The van der Waals surface area contributed by atoms with Crippen molar-refractivity contribution in [2.45, 2.75) is 38.6 Å². The molecule has 26 heavy (non-hydrogen) atoms. The van der Waals surface area contributed by atoms with Gasteiger partial charge in [-0.05, 0) is 12.5 Å². The second-order valence-corrected chi connectivity index (χ2v) is 6.32. The zero-order chi connectivity index (χ0) is 16.9. The SMILES string of the molecule is CCCCC[C@H](c1cc2c(cc1[N+](=O)[O-])OCO2)N1CCNCC1.Cl.Cl. The number of halogens is 2.